The summed E-state index contributed by atoms with van der Waals surface area (Å²) in [5.41, 5.74) is -0.230. The van der Waals surface area contributed by atoms with Crippen LogP contribution in [0.5, 0.6) is 0 Å². The highest BCUT2D eigenvalue weighted by Crippen LogP contribution is 2.32. The number of carboxylic acid groups (broad SMARTS) is 1. The van der Waals surface area contributed by atoms with Crippen LogP contribution < -0.4 is 10.6 Å². The molecule has 1 aliphatic heterocycles. The summed E-state index contributed by atoms with van der Waals surface area (Å²) in [7, 11) is 0. The van der Waals surface area contributed by atoms with Crippen LogP contribution in [0.15, 0.2) is 0 Å². The van der Waals surface area contributed by atoms with Crippen LogP contribution in [-0.4, -0.2) is 36.1 Å². The number of amides is 1. The van der Waals surface area contributed by atoms with Gasteiger partial charge in [-0.3, -0.25) is 9.59 Å². The second-order valence-electron chi connectivity index (χ2n) is 5.54. The Labute approximate surface area is 115 Å². The minimum atomic E-state index is -0.776. The Hall–Kier alpha value is -1.10. The molecule has 5 nitrogen and oxygen atoms in total. The number of carbonyl (C=O) groups is 2. The Morgan fingerprint density at radius 1 is 1.37 bits per heavy atom. The predicted molar refractivity (Wildman–Crippen MR) is 73.9 cm³/mol. The summed E-state index contributed by atoms with van der Waals surface area (Å²) in [5.74, 6) is -0.638. The van der Waals surface area contributed by atoms with E-state index in [-0.39, 0.29) is 23.8 Å². The molecular weight excluding hydrogens is 244 g/mol. The van der Waals surface area contributed by atoms with Crippen molar-refractivity contribution >= 4 is 11.9 Å². The second-order valence-corrected chi connectivity index (χ2v) is 5.54. The number of carboxylic acids is 1. The molecule has 0 spiro atoms. The molecular formula is C14H26N2O3. The third-order valence-electron chi connectivity index (χ3n) is 4.12. The summed E-state index contributed by atoms with van der Waals surface area (Å²) in [5, 5.41) is 14.9. The first-order valence-electron chi connectivity index (χ1n) is 7.23. The highest BCUT2D eigenvalue weighted by Gasteiger charge is 2.37. The van der Waals surface area contributed by atoms with Gasteiger partial charge in [-0.1, -0.05) is 6.92 Å². The lowest BCUT2D eigenvalue weighted by atomic mass is 9.75. The van der Waals surface area contributed by atoms with E-state index in [9.17, 15) is 9.59 Å². The van der Waals surface area contributed by atoms with Crippen molar-refractivity contribution in [3.05, 3.63) is 0 Å². The third-order valence-corrected chi connectivity index (χ3v) is 4.12. The van der Waals surface area contributed by atoms with E-state index in [2.05, 4.69) is 17.6 Å². The molecule has 1 unspecified atom stereocenters. The summed E-state index contributed by atoms with van der Waals surface area (Å²) in [6.45, 7) is 5.81. The van der Waals surface area contributed by atoms with Crippen LogP contribution in [0, 0.1) is 5.41 Å². The van der Waals surface area contributed by atoms with Gasteiger partial charge in [-0.05, 0) is 52.1 Å². The van der Waals surface area contributed by atoms with Gasteiger partial charge in [0.25, 0.3) is 0 Å². The zero-order valence-electron chi connectivity index (χ0n) is 12.0. The maximum atomic E-state index is 12.4. The highest BCUT2D eigenvalue weighted by molar-refractivity contribution is 5.83. The van der Waals surface area contributed by atoms with Crippen molar-refractivity contribution in [1.82, 2.24) is 10.6 Å². The van der Waals surface area contributed by atoms with Crippen LogP contribution in [0.2, 0.25) is 0 Å². The number of rotatable bonds is 7. The van der Waals surface area contributed by atoms with Gasteiger partial charge in [0.1, 0.15) is 0 Å². The fourth-order valence-corrected chi connectivity index (χ4v) is 2.66. The molecule has 0 radical (unpaired) electrons. The molecule has 1 saturated heterocycles. The zero-order chi connectivity index (χ0) is 14.3. The Kier molecular flexibility index (Phi) is 6.28. The van der Waals surface area contributed by atoms with Crippen LogP contribution in [0.25, 0.3) is 0 Å². The van der Waals surface area contributed by atoms with E-state index < -0.39 is 5.97 Å². The molecule has 110 valence electrons. The first-order chi connectivity index (χ1) is 9.00. The molecule has 0 bridgehead atoms. The Morgan fingerprint density at radius 2 is 2.00 bits per heavy atom. The molecule has 1 aliphatic rings. The number of carbonyl (C=O) groups excluding carboxylic acids is 1. The number of piperidine rings is 1. The van der Waals surface area contributed by atoms with Crippen molar-refractivity contribution in [3.63, 3.8) is 0 Å². The summed E-state index contributed by atoms with van der Waals surface area (Å²) in [6, 6.07) is 0.0464. The lowest BCUT2D eigenvalue weighted by Crippen LogP contribution is -2.49. The standard InChI is InChI=1S/C14H26N2O3/c1-3-14(7-9-15-10-8-14)13(19)16-11(2)5-4-6-12(17)18/h11,15H,3-10H2,1-2H3,(H,16,19)(H,17,18). The largest absolute Gasteiger partial charge is 0.481 e. The maximum Gasteiger partial charge on any atom is 0.303 e. The number of hydrogen-bond donors (Lipinski definition) is 3. The number of nitrogens with one attached hydrogen (secondary N) is 2. The lowest BCUT2D eigenvalue weighted by molar-refractivity contribution is -0.137. The molecule has 1 atom stereocenters. The molecule has 1 fully saturated rings. The molecule has 1 heterocycles. The first-order valence-corrected chi connectivity index (χ1v) is 7.23. The molecule has 0 aromatic carbocycles. The maximum absolute atomic E-state index is 12.4. The van der Waals surface area contributed by atoms with E-state index in [0.29, 0.717) is 6.42 Å². The van der Waals surface area contributed by atoms with Crippen molar-refractivity contribution in [2.75, 3.05) is 13.1 Å². The first kappa shape index (κ1) is 16.0. The van der Waals surface area contributed by atoms with Crippen LogP contribution in [-0.2, 0) is 9.59 Å². The van der Waals surface area contributed by atoms with Crippen molar-refractivity contribution in [2.24, 2.45) is 5.41 Å². The molecule has 0 saturated carbocycles. The van der Waals surface area contributed by atoms with E-state index >= 15 is 0 Å². The van der Waals surface area contributed by atoms with Gasteiger partial charge in [-0.15, -0.1) is 0 Å². The number of aliphatic carboxylic acids is 1. The average molecular weight is 270 g/mol. The molecule has 3 N–H and O–H groups in total. The van der Waals surface area contributed by atoms with Crippen molar-refractivity contribution in [3.8, 4) is 0 Å². The monoisotopic (exact) mass is 270 g/mol. The highest BCUT2D eigenvalue weighted by atomic mass is 16.4. The van der Waals surface area contributed by atoms with Crippen molar-refractivity contribution in [1.29, 1.82) is 0 Å². The van der Waals surface area contributed by atoms with Gasteiger partial charge in [0, 0.05) is 12.5 Å². The van der Waals surface area contributed by atoms with Crippen LogP contribution in [0.4, 0.5) is 0 Å². The Bertz CT molecular complexity index is 312. The van der Waals surface area contributed by atoms with Gasteiger partial charge in [0.15, 0.2) is 0 Å². The third kappa shape index (κ3) is 4.82. The van der Waals surface area contributed by atoms with Gasteiger partial charge in [0.2, 0.25) is 5.91 Å². The van der Waals surface area contributed by atoms with E-state index in [1.165, 1.54) is 0 Å². The quantitative estimate of drug-likeness (QED) is 0.655. The smallest absolute Gasteiger partial charge is 0.303 e. The SMILES string of the molecule is CCC1(C(=O)NC(C)CCCC(=O)O)CCNCC1. The van der Waals surface area contributed by atoms with E-state index in [1.54, 1.807) is 0 Å². The Morgan fingerprint density at radius 3 is 2.53 bits per heavy atom. The van der Waals surface area contributed by atoms with E-state index in [4.69, 9.17) is 5.11 Å². The zero-order valence-corrected chi connectivity index (χ0v) is 12.0. The molecule has 1 amide bonds. The summed E-state index contributed by atoms with van der Waals surface area (Å²) in [4.78, 5) is 22.9. The molecule has 0 aliphatic carbocycles. The molecule has 5 heteroatoms. The van der Waals surface area contributed by atoms with Gasteiger partial charge >= 0.3 is 5.97 Å². The van der Waals surface area contributed by atoms with Crippen molar-refractivity contribution < 1.29 is 14.7 Å². The van der Waals surface area contributed by atoms with Crippen molar-refractivity contribution in [2.45, 2.75) is 58.4 Å². The second kappa shape index (κ2) is 7.48. The lowest BCUT2D eigenvalue weighted by Gasteiger charge is -2.36. The van der Waals surface area contributed by atoms with E-state index in [0.717, 1.165) is 38.8 Å². The average Bonchev–Trinajstić information content (AvgIpc) is 2.39. The van der Waals surface area contributed by atoms with Crippen LogP contribution in [0.3, 0.4) is 0 Å². The summed E-state index contributed by atoms with van der Waals surface area (Å²) >= 11 is 0. The normalized spacial score (nSPS) is 19.7. The molecule has 0 aromatic heterocycles. The van der Waals surface area contributed by atoms with Gasteiger partial charge in [-0.2, -0.15) is 0 Å². The van der Waals surface area contributed by atoms with Gasteiger partial charge in [0.05, 0.1) is 5.41 Å². The topological polar surface area (TPSA) is 78.4 Å². The van der Waals surface area contributed by atoms with Gasteiger partial charge in [-0.25, -0.2) is 0 Å². The minimum Gasteiger partial charge on any atom is -0.481 e. The predicted octanol–water partition coefficient (Wildman–Crippen LogP) is 1.53. The molecule has 19 heavy (non-hydrogen) atoms. The summed E-state index contributed by atoms with van der Waals surface area (Å²) < 4.78 is 0. The molecule has 1 rings (SSSR count). The minimum absolute atomic E-state index is 0.0464. The fourth-order valence-electron chi connectivity index (χ4n) is 2.66. The van der Waals surface area contributed by atoms with Gasteiger partial charge < -0.3 is 15.7 Å². The van der Waals surface area contributed by atoms with Crippen LogP contribution >= 0.6 is 0 Å². The Balaban J connectivity index is 2.41. The van der Waals surface area contributed by atoms with Crippen LogP contribution in [0.1, 0.15) is 52.4 Å². The number of hydrogen-bond acceptors (Lipinski definition) is 3. The van der Waals surface area contributed by atoms with E-state index in [1.807, 2.05) is 6.92 Å². The molecule has 0 aromatic rings. The fraction of sp³-hybridized carbons (Fsp3) is 0.857. The summed E-state index contributed by atoms with van der Waals surface area (Å²) in [6.07, 6.45) is 4.13.